The van der Waals surface area contributed by atoms with Gasteiger partial charge in [0.1, 0.15) is 12.4 Å². The summed E-state index contributed by atoms with van der Waals surface area (Å²) in [6.07, 6.45) is 11.7. The lowest BCUT2D eigenvalue weighted by molar-refractivity contribution is -0.696. The van der Waals surface area contributed by atoms with Crippen molar-refractivity contribution in [1.82, 2.24) is 4.57 Å². The summed E-state index contributed by atoms with van der Waals surface area (Å²) >= 11 is 0. The smallest absolute Gasteiger partial charge is 0.418 e. The fraction of sp³-hybridized carbons (Fsp3) is 0.727. The topological polar surface area (TPSA) is 8.81 Å². The number of aromatic nitrogens is 2. The third-order valence-electron chi connectivity index (χ3n) is 2.29. The third-order valence-corrected chi connectivity index (χ3v) is 2.29. The summed E-state index contributed by atoms with van der Waals surface area (Å²) in [6.45, 7) is 6.79. The molecule has 0 fully saturated rings. The van der Waals surface area contributed by atoms with Crippen molar-refractivity contribution in [3.8, 4) is 0 Å². The van der Waals surface area contributed by atoms with Crippen LogP contribution in [0, 0.1) is 0 Å². The van der Waals surface area contributed by atoms with Gasteiger partial charge < -0.3 is 17.3 Å². The number of nitrogens with zero attached hydrogens (tertiary/aromatic N) is 2. The molecule has 1 rings (SSSR count). The third kappa shape index (κ3) is 11.5. The van der Waals surface area contributed by atoms with Gasteiger partial charge in [-0.15, -0.1) is 0 Å². The summed E-state index contributed by atoms with van der Waals surface area (Å²) in [6, 6.07) is 0. The Bertz CT molecular complexity index is 284. The maximum absolute atomic E-state index is 9.75. The largest absolute Gasteiger partial charge is 0.673 e. The Balaban J connectivity index is 0.000000494. The molecule has 0 aliphatic heterocycles. The Kier molecular flexibility index (Phi) is 8.49. The van der Waals surface area contributed by atoms with Crippen LogP contribution in [0.2, 0.25) is 0 Å². The zero-order valence-electron chi connectivity index (χ0n) is 11.0. The minimum atomic E-state index is -6.00. The quantitative estimate of drug-likeness (QED) is 0.423. The predicted molar refractivity (Wildman–Crippen MR) is 64.6 cm³/mol. The Morgan fingerprint density at radius 2 is 1.61 bits per heavy atom. The zero-order chi connectivity index (χ0) is 14.0. The van der Waals surface area contributed by atoms with E-state index in [1.54, 1.807) is 0 Å². The summed E-state index contributed by atoms with van der Waals surface area (Å²) < 4.78 is 43.6. The van der Waals surface area contributed by atoms with Gasteiger partial charge >= 0.3 is 7.25 Å². The molecule has 1 aromatic heterocycles. The fourth-order valence-corrected chi connectivity index (χ4v) is 1.38. The second-order valence-corrected chi connectivity index (χ2v) is 4.09. The normalized spacial score (nSPS) is 11.0. The average Bonchev–Trinajstić information content (AvgIpc) is 2.69. The molecule has 0 aliphatic carbocycles. The second-order valence-electron chi connectivity index (χ2n) is 4.09. The first-order valence-corrected chi connectivity index (χ1v) is 6.29. The molecule has 1 aromatic rings. The average molecular weight is 268 g/mol. The van der Waals surface area contributed by atoms with E-state index in [4.69, 9.17) is 0 Å². The molecule has 0 saturated heterocycles. The molecular weight excluding hydrogens is 247 g/mol. The van der Waals surface area contributed by atoms with Gasteiger partial charge in [0, 0.05) is 0 Å². The molecule has 2 nitrogen and oxygen atoms in total. The van der Waals surface area contributed by atoms with Gasteiger partial charge in [-0.25, -0.2) is 9.13 Å². The molecule has 0 saturated carbocycles. The van der Waals surface area contributed by atoms with Gasteiger partial charge in [-0.3, -0.25) is 0 Å². The van der Waals surface area contributed by atoms with E-state index < -0.39 is 7.25 Å². The van der Waals surface area contributed by atoms with Crippen molar-refractivity contribution in [1.29, 1.82) is 0 Å². The number of halogens is 4. The highest BCUT2D eigenvalue weighted by Gasteiger charge is 2.20. The monoisotopic (exact) mass is 268 g/mol. The van der Waals surface area contributed by atoms with E-state index in [-0.39, 0.29) is 0 Å². The Morgan fingerprint density at radius 3 is 2.11 bits per heavy atom. The number of unbranched alkanes of at least 4 members (excludes halogenated alkanes) is 2. The molecule has 0 bridgehead atoms. The van der Waals surface area contributed by atoms with Gasteiger partial charge in [0.15, 0.2) is 0 Å². The number of rotatable bonds is 6. The SMILES string of the molecule is CCCCn1cc[n+](CCCC)c1.F[B-](F)(F)F. The molecule has 106 valence electrons. The molecule has 0 radical (unpaired) electrons. The first kappa shape index (κ1) is 17.0. The summed E-state index contributed by atoms with van der Waals surface area (Å²) in [4.78, 5) is 0. The van der Waals surface area contributed by atoms with Crippen LogP contribution in [0.15, 0.2) is 18.7 Å². The van der Waals surface area contributed by atoms with Crippen molar-refractivity contribution in [2.45, 2.75) is 52.6 Å². The molecule has 0 N–H and O–H groups in total. The number of hydrogen-bond acceptors (Lipinski definition) is 0. The van der Waals surface area contributed by atoms with E-state index >= 15 is 0 Å². The van der Waals surface area contributed by atoms with Crippen molar-refractivity contribution in [3.63, 3.8) is 0 Å². The van der Waals surface area contributed by atoms with Crippen LogP contribution >= 0.6 is 0 Å². The number of hydrogen-bond donors (Lipinski definition) is 0. The minimum Gasteiger partial charge on any atom is -0.418 e. The van der Waals surface area contributed by atoms with Gasteiger partial charge in [-0.2, -0.15) is 0 Å². The zero-order valence-corrected chi connectivity index (χ0v) is 11.0. The summed E-state index contributed by atoms with van der Waals surface area (Å²) in [5, 5.41) is 0. The van der Waals surface area contributed by atoms with Crippen LogP contribution in [0.5, 0.6) is 0 Å². The van der Waals surface area contributed by atoms with Crippen molar-refractivity contribution >= 4 is 7.25 Å². The Hall–Kier alpha value is -1.01. The Labute approximate surface area is 106 Å². The van der Waals surface area contributed by atoms with Crippen LogP contribution in [0.4, 0.5) is 17.3 Å². The molecule has 0 aromatic carbocycles. The highest BCUT2D eigenvalue weighted by atomic mass is 19.5. The molecule has 1 heterocycles. The van der Waals surface area contributed by atoms with Gasteiger partial charge in [0.2, 0.25) is 6.33 Å². The second kappa shape index (κ2) is 9.00. The van der Waals surface area contributed by atoms with E-state index in [0.29, 0.717) is 0 Å². The van der Waals surface area contributed by atoms with Crippen LogP contribution in [-0.4, -0.2) is 11.8 Å². The molecule has 0 aliphatic rings. The first-order valence-electron chi connectivity index (χ1n) is 6.29. The number of imidazole rings is 1. The van der Waals surface area contributed by atoms with Crippen LogP contribution in [0.3, 0.4) is 0 Å². The number of aryl methyl sites for hydroxylation is 2. The fourth-order valence-electron chi connectivity index (χ4n) is 1.38. The minimum absolute atomic E-state index is 1.16. The maximum Gasteiger partial charge on any atom is 0.673 e. The molecule has 0 spiro atoms. The van der Waals surface area contributed by atoms with Crippen molar-refractivity contribution in [2.75, 3.05) is 0 Å². The maximum atomic E-state index is 9.75. The van der Waals surface area contributed by atoms with E-state index in [2.05, 4.69) is 41.7 Å². The molecule has 0 unspecified atom stereocenters. The van der Waals surface area contributed by atoms with E-state index in [0.717, 1.165) is 13.1 Å². The van der Waals surface area contributed by atoms with Crippen LogP contribution in [0.25, 0.3) is 0 Å². The van der Waals surface area contributed by atoms with Crippen LogP contribution in [-0.2, 0) is 13.1 Å². The van der Waals surface area contributed by atoms with Gasteiger partial charge in [-0.1, -0.05) is 26.7 Å². The molecular formula is C11H21BF4N2. The highest BCUT2D eigenvalue weighted by molar-refractivity contribution is 6.50. The molecule has 7 heteroatoms. The van der Waals surface area contributed by atoms with Gasteiger partial charge in [-0.05, 0) is 12.8 Å². The Morgan fingerprint density at radius 1 is 1.06 bits per heavy atom. The van der Waals surface area contributed by atoms with Gasteiger partial charge in [0.05, 0.1) is 13.1 Å². The molecule has 18 heavy (non-hydrogen) atoms. The molecule has 0 amide bonds. The summed E-state index contributed by atoms with van der Waals surface area (Å²) in [7, 11) is -6.00. The molecule has 0 atom stereocenters. The van der Waals surface area contributed by atoms with Crippen LogP contribution < -0.4 is 4.57 Å². The van der Waals surface area contributed by atoms with Gasteiger partial charge in [0.25, 0.3) is 0 Å². The predicted octanol–water partition coefficient (Wildman–Crippen LogP) is 3.68. The standard InChI is InChI=1S/C11H21N2.BF4/c1-3-5-7-12-9-10-13(11-12)8-6-4-2;2-1(3,4)5/h9-11H,3-8H2,1-2H3;/q+1;-1. The van der Waals surface area contributed by atoms with E-state index in [9.17, 15) is 17.3 Å². The summed E-state index contributed by atoms with van der Waals surface area (Å²) in [5.74, 6) is 0. The van der Waals surface area contributed by atoms with Crippen molar-refractivity contribution in [2.24, 2.45) is 0 Å². The van der Waals surface area contributed by atoms with E-state index in [1.165, 1.54) is 25.7 Å². The van der Waals surface area contributed by atoms with Crippen molar-refractivity contribution in [3.05, 3.63) is 18.7 Å². The van der Waals surface area contributed by atoms with E-state index in [1.807, 2.05) is 0 Å². The first-order chi connectivity index (χ1) is 8.36. The summed E-state index contributed by atoms with van der Waals surface area (Å²) in [5.41, 5.74) is 0. The lowest BCUT2D eigenvalue weighted by Gasteiger charge is -1.94. The van der Waals surface area contributed by atoms with Crippen LogP contribution in [0.1, 0.15) is 39.5 Å². The van der Waals surface area contributed by atoms with Crippen molar-refractivity contribution < 1.29 is 21.8 Å². The lowest BCUT2D eigenvalue weighted by atomic mass is 10.3. The highest BCUT2D eigenvalue weighted by Crippen LogP contribution is 2.06. The lowest BCUT2D eigenvalue weighted by Crippen LogP contribution is -2.30.